The van der Waals surface area contributed by atoms with E-state index in [2.05, 4.69) is 95.2 Å². The zero-order valence-corrected chi connectivity index (χ0v) is 48.1. The summed E-state index contributed by atoms with van der Waals surface area (Å²) in [4.78, 5) is 61.9. The summed E-state index contributed by atoms with van der Waals surface area (Å²) in [5, 5.41) is 19.7. The summed E-state index contributed by atoms with van der Waals surface area (Å²) >= 11 is 0. The molecule has 0 radical (unpaired) electrons. The molecule has 2 spiro atoms. The van der Waals surface area contributed by atoms with Crippen molar-refractivity contribution in [3.8, 4) is 24.2 Å². The van der Waals surface area contributed by atoms with Crippen molar-refractivity contribution in [3.05, 3.63) is 112 Å². The minimum Gasteiger partial charge on any atom is -0.462 e. The van der Waals surface area contributed by atoms with Crippen molar-refractivity contribution in [3.63, 3.8) is 0 Å². The number of nitrogens with zero attached hydrogens (tertiary/aromatic N) is 13. The molecule has 8 aliphatic rings. The van der Waals surface area contributed by atoms with E-state index in [1.165, 1.54) is 29.0 Å². The van der Waals surface area contributed by atoms with Gasteiger partial charge in [-0.1, -0.05) is 37.4 Å². The molecule has 4 saturated heterocycles. The molecular weight excluding hydrogens is 1030 g/mol. The SMILES string of the molecule is C=CC(=O)N1CCN(c2nc(OC[C@@H]3CC(c4ccc5c(c4)C[C@@]4(CCc6c(nc(OC[C@@H]7CCCN7C)nc6N6CCN(C(=O)C=C)[C@@H](CC#N)C6)C4)CN5C)CN3C)nc3c2CC[C@@]2(CCc4c(F)cccc4C2)C3)C[C@@H]1CC#N. The molecule has 82 heavy (non-hydrogen) atoms. The molecule has 1 unspecified atom stereocenters. The number of benzene rings is 2. The largest absolute Gasteiger partial charge is 0.462 e. The molecule has 2 aromatic heterocycles. The summed E-state index contributed by atoms with van der Waals surface area (Å²) in [6.07, 6.45) is 14.7. The lowest BCUT2D eigenvalue weighted by Crippen LogP contribution is -2.55. The number of hydrogen-bond donors (Lipinski definition) is 0. The molecule has 18 heteroatoms. The van der Waals surface area contributed by atoms with E-state index < -0.39 is 0 Å². The monoisotopic (exact) mass is 1110 g/mol. The third-order valence-corrected chi connectivity index (χ3v) is 20.1. The van der Waals surface area contributed by atoms with Gasteiger partial charge in [0.15, 0.2) is 0 Å². The number of aromatic nitrogens is 4. The fraction of sp³-hybridized carbons (Fsp3) is 0.562. The summed E-state index contributed by atoms with van der Waals surface area (Å²) in [6.45, 7) is 14.3. The molecule has 4 fully saturated rings. The van der Waals surface area contributed by atoms with Gasteiger partial charge in [-0.2, -0.15) is 30.5 Å². The number of amides is 2. The molecule has 17 nitrogen and oxygen atoms in total. The van der Waals surface area contributed by atoms with Crippen LogP contribution >= 0.6 is 0 Å². The number of nitriles is 2. The van der Waals surface area contributed by atoms with Gasteiger partial charge in [-0.3, -0.25) is 14.5 Å². The first-order valence-electron chi connectivity index (χ1n) is 29.9. The van der Waals surface area contributed by atoms with Crippen molar-refractivity contribution in [2.24, 2.45) is 10.8 Å². The highest BCUT2D eigenvalue weighted by Gasteiger charge is 2.45. The standard InChI is InChI=1S/C64H78FN13O4/c1-6-57(79)77-28-26-75(37-46(77)18-23-66)59-51-16-21-63(20-15-50-43(32-63)10-8-12-53(50)65)34-54(51)68-62(71-59)82-40-49-31-45(36-73(49)4)42-13-14-56-44(30-42)33-64(41-74(56)5)22-17-52-55(35-64)69-61(81-39-48-11-9-25-72(48)3)70-60(52)76-27-29-78(58(80)7-2)47(38-76)19-24-67/h6-8,10,12-14,30,45-49H,1-2,9,11,15-22,25-29,31-41H2,3-5H3/t45?,46-,47-,48-,49-,63+,64+/m0/s1. The van der Waals surface area contributed by atoms with Gasteiger partial charge in [0.05, 0.1) is 48.5 Å². The van der Waals surface area contributed by atoms with Crippen molar-refractivity contribution in [1.82, 2.24) is 39.5 Å². The Morgan fingerprint density at radius 3 is 1.87 bits per heavy atom. The molecule has 0 N–H and O–H groups in total. The summed E-state index contributed by atoms with van der Waals surface area (Å²) in [6, 6.07) is 17.8. The number of rotatable bonds is 13. The Morgan fingerprint density at radius 1 is 0.683 bits per heavy atom. The van der Waals surface area contributed by atoms with Gasteiger partial charge in [-0.25, -0.2) is 4.39 Å². The first-order valence-corrected chi connectivity index (χ1v) is 29.9. The number of carbonyl (C=O) groups excluding carboxylic acids is 2. The van der Waals surface area contributed by atoms with Crippen molar-refractivity contribution >= 4 is 29.1 Å². The van der Waals surface area contributed by atoms with E-state index in [0.29, 0.717) is 82.9 Å². The van der Waals surface area contributed by atoms with E-state index in [1.54, 1.807) is 15.9 Å². The van der Waals surface area contributed by atoms with Crippen molar-refractivity contribution < 1.29 is 23.5 Å². The van der Waals surface area contributed by atoms with Crippen LogP contribution in [0.3, 0.4) is 0 Å². The molecule has 4 aromatic rings. The number of likely N-dealkylation sites (N-methyl/N-ethyl adjacent to an activating group) is 2. The van der Waals surface area contributed by atoms with E-state index >= 15 is 0 Å². The van der Waals surface area contributed by atoms with E-state index in [0.717, 1.165) is 142 Å². The van der Waals surface area contributed by atoms with Gasteiger partial charge < -0.3 is 38.9 Å². The fourth-order valence-electron chi connectivity index (χ4n) is 15.6. The first-order chi connectivity index (χ1) is 39.8. The molecule has 5 aliphatic heterocycles. The summed E-state index contributed by atoms with van der Waals surface area (Å²) in [5.74, 6) is 1.57. The van der Waals surface area contributed by atoms with Gasteiger partial charge in [0, 0.05) is 88.3 Å². The Balaban J connectivity index is 0.769. The molecule has 0 bridgehead atoms. The van der Waals surface area contributed by atoms with E-state index in [4.69, 9.17) is 29.4 Å². The number of ether oxygens (including phenoxy) is 2. The normalized spacial score (nSPS) is 27.0. The second-order valence-corrected chi connectivity index (χ2v) is 25.2. The van der Waals surface area contributed by atoms with Crippen LogP contribution in [0.5, 0.6) is 12.0 Å². The van der Waals surface area contributed by atoms with Crippen LogP contribution in [0.1, 0.15) is 102 Å². The first kappa shape index (κ1) is 55.4. The fourth-order valence-corrected chi connectivity index (χ4v) is 15.6. The maximum absolute atomic E-state index is 15.0. The minimum atomic E-state index is -0.303. The number of hydrogen-bond acceptors (Lipinski definition) is 15. The molecule has 430 valence electrons. The molecule has 12 rings (SSSR count). The predicted molar refractivity (Wildman–Crippen MR) is 312 cm³/mol. The third kappa shape index (κ3) is 10.8. The van der Waals surface area contributed by atoms with Gasteiger partial charge in [-0.05, 0) is 167 Å². The van der Waals surface area contributed by atoms with Crippen LogP contribution in [-0.4, -0.2) is 169 Å². The maximum Gasteiger partial charge on any atom is 0.318 e. The summed E-state index contributed by atoms with van der Waals surface area (Å²) in [7, 11) is 6.56. The highest BCUT2D eigenvalue weighted by molar-refractivity contribution is 5.88. The number of fused-ring (bicyclic) bond motifs is 4. The molecule has 0 saturated carbocycles. The third-order valence-electron chi connectivity index (χ3n) is 20.1. The lowest BCUT2D eigenvalue weighted by molar-refractivity contribution is -0.129. The Kier molecular flexibility index (Phi) is 15.5. The number of anilines is 3. The van der Waals surface area contributed by atoms with Gasteiger partial charge in [0.1, 0.15) is 30.7 Å². The topological polar surface area (TPSA) is 174 Å². The number of piperazine rings is 2. The quantitative estimate of drug-likeness (QED) is 0.128. The second-order valence-electron chi connectivity index (χ2n) is 25.2. The van der Waals surface area contributed by atoms with Crippen LogP contribution in [0.4, 0.5) is 21.7 Å². The Bertz CT molecular complexity index is 3230. The Hall–Kier alpha value is -7.15. The lowest BCUT2D eigenvalue weighted by Gasteiger charge is -2.47. The van der Waals surface area contributed by atoms with Crippen LogP contribution in [0.15, 0.2) is 61.7 Å². The smallest absolute Gasteiger partial charge is 0.318 e. The zero-order chi connectivity index (χ0) is 56.9. The van der Waals surface area contributed by atoms with Gasteiger partial charge in [0.2, 0.25) is 11.8 Å². The Labute approximate surface area is 482 Å². The minimum absolute atomic E-state index is 0.0444. The van der Waals surface area contributed by atoms with Crippen LogP contribution in [0.2, 0.25) is 0 Å². The molecule has 7 heterocycles. The molecule has 7 atom stereocenters. The second kappa shape index (κ2) is 22.9. The highest BCUT2D eigenvalue weighted by Crippen LogP contribution is 2.49. The number of likely N-dealkylation sites (tertiary alicyclic amines) is 2. The van der Waals surface area contributed by atoms with Crippen LogP contribution in [0.25, 0.3) is 0 Å². The van der Waals surface area contributed by atoms with E-state index in [-0.39, 0.29) is 59.4 Å². The van der Waals surface area contributed by atoms with Crippen LogP contribution in [0, 0.1) is 39.3 Å². The summed E-state index contributed by atoms with van der Waals surface area (Å²) < 4.78 is 28.2. The molecule has 2 amide bonds. The molecule has 2 aromatic carbocycles. The average molecular weight is 1110 g/mol. The average Bonchev–Trinajstić information content (AvgIpc) is 3.54. The Morgan fingerprint density at radius 2 is 1.27 bits per heavy atom. The van der Waals surface area contributed by atoms with Crippen LogP contribution < -0.4 is 24.2 Å². The van der Waals surface area contributed by atoms with Crippen molar-refractivity contribution in [1.29, 1.82) is 10.5 Å². The van der Waals surface area contributed by atoms with Crippen LogP contribution in [-0.2, 0) is 54.5 Å². The van der Waals surface area contributed by atoms with Gasteiger partial charge in [-0.15, -0.1) is 0 Å². The lowest BCUT2D eigenvalue weighted by atomic mass is 9.63. The number of carbonyl (C=O) groups is 2. The molecular formula is C64H78FN13O4. The van der Waals surface area contributed by atoms with E-state index in [9.17, 15) is 24.5 Å². The van der Waals surface area contributed by atoms with Crippen molar-refractivity contribution in [2.75, 3.05) is 108 Å². The summed E-state index contributed by atoms with van der Waals surface area (Å²) in [5.41, 5.74) is 10.1. The highest BCUT2D eigenvalue weighted by atomic mass is 19.1. The predicted octanol–water partition coefficient (Wildman–Crippen LogP) is 6.81. The molecule has 3 aliphatic carbocycles. The van der Waals surface area contributed by atoms with E-state index in [1.807, 2.05) is 6.07 Å². The van der Waals surface area contributed by atoms with Gasteiger partial charge in [0.25, 0.3) is 0 Å². The van der Waals surface area contributed by atoms with Gasteiger partial charge >= 0.3 is 12.0 Å². The van der Waals surface area contributed by atoms with Crippen molar-refractivity contribution in [2.45, 2.75) is 126 Å². The maximum atomic E-state index is 15.0. The zero-order valence-electron chi connectivity index (χ0n) is 48.1. The number of halogens is 1.